The van der Waals surface area contributed by atoms with Gasteiger partial charge in [0.15, 0.2) is 0 Å². The molecule has 1 heterocycles. The number of alkyl halides is 3. The SMILES string of the molecule is C/C(=C1/CCOC1=O)C(F)(F)F. The van der Waals surface area contributed by atoms with Gasteiger partial charge in [0.2, 0.25) is 0 Å². The first-order chi connectivity index (χ1) is 5.43. The van der Waals surface area contributed by atoms with E-state index in [-0.39, 0.29) is 18.6 Å². The van der Waals surface area contributed by atoms with E-state index in [0.29, 0.717) is 0 Å². The van der Waals surface area contributed by atoms with Crippen LogP contribution in [-0.2, 0) is 9.53 Å². The monoisotopic (exact) mass is 180 g/mol. The molecule has 0 unspecified atom stereocenters. The molecule has 5 heteroatoms. The molecule has 0 aromatic carbocycles. The predicted molar refractivity (Wildman–Crippen MR) is 34.3 cm³/mol. The van der Waals surface area contributed by atoms with Gasteiger partial charge in [-0.1, -0.05) is 0 Å². The van der Waals surface area contributed by atoms with Gasteiger partial charge in [-0.15, -0.1) is 0 Å². The Balaban J connectivity index is 2.97. The smallest absolute Gasteiger partial charge is 0.412 e. The van der Waals surface area contributed by atoms with Gasteiger partial charge in [-0.2, -0.15) is 13.2 Å². The van der Waals surface area contributed by atoms with Crippen LogP contribution in [0.1, 0.15) is 13.3 Å². The van der Waals surface area contributed by atoms with Crippen LogP contribution in [0.15, 0.2) is 11.1 Å². The summed E-state index contributed by atoms with van der Waals surface area (Å²) in [6.07, 6.45) is -4.36. The Morgan fingerprint density at radius 3 is 2.42 bits per heavy atom. The van der Waals surface area contributed by atoms with E-state index in [1.54, 1.807) is 0 Å². The van der Waals surface area contributed by atoms with E-state index >= 15 is 0 Å². The topological polar surface area (TPSA) is 26.3 Å². The van der Waals surface area contributed by atoms with Crippen LogP contribution in [0.4, 0.5) is 13.2 Å². The molecular weight excluding hydrogens is 173 g/mol. The van der Waals surface area contributed by atoms with Crippen molar-refractivity contribution in [3.63, 3.8) is 0 Å². The summed E-state index contributed by atoms with van der Waals surface area (Å²) in [6.45, 7) is 0.948. The van der Waals surface area contributed by atoms with Gasteiger partial charge in [-0.3, -0.25) is 0 Å². The minimum Gasteiger partial charge on any atom is -0.462 e. The fraction of sp³-hybridized carbons (Fsp3) is 0.571. The molecule has 2 nitrogen and oxygen atoms in total. The van der Waals surface area contributed by atoms with E-state index in [0.717, 1.165) is 6.92 Å². The number of hydrogen-bond donors (Lipinski definition) is 0. The fourth-order valence-corrected chi connectivity index (χ4v) is 0.947. The lowest BCUT2D eigenvalue weighted by atomic mass is 10.1. The molecule has 0 atom stereocenters. The van der Waals surface area contributed by atoms with Gasteiger partial charge in [0.1, 0.15) is 0 Å². The largest absolute Gasteiger partial charge is 0.462 e. The van der Waals surface area contributed by atoms with Crippen LogP contribution in [0.5, 0.6) is 0 Å². The lowest BCUT2D eigenvalue weighted by Crippen LogP contribution is -2.13. The second kappa shape index (κ2) is 2.80. The Morgan fingerprint density at radius 2 is 2.08 bits per heavy atom. The Labute approximate surface area is 67.0 Å². The molecule has 0 aliphatic carbocycles. The van der Waals surface area contributed by atoms with Crippen LogP contribution < -0.4 is 0 Å². The molecule has 0 saturated carbocycles. The Hall–Kier alpha value is -1.00. The van der Waals surface area contributed by atoms with E-state index in [1.807, 2.05) is 0 Å². The number of halogens is 3. The van der Waals surface area contributed by atoms with Crippen molar-refractivity contribution in [2.75, 3.05) is 6.61 Å². The molecule has 68 valence electrons. The fourth-order valence-electron chi connectivity index (χ4n) is 0.947. The molecule has 1 aliphatic heterocycles. The Morgan fingerprint density at radius 1 is 1.50 bits per heavy atom. The van der Waals surface area contributed by atoms with Crippen molar-refractivity contribution in [1.29, 1.82) is 0 Å². The number of ether oxygens (including phenoxy) is 1. The molecule has 0 aromatic heterocycles. The maximum Gasteiger partial charge on any atom is 0.412 e. The number of hydrogen-bond acceptors (Lipinski definition) is 2. The summed E-state index contributed by atoms with van der Waals surface area (Å²) in [5, 5.41) is 0. The predicted octanol–water partition coefficient (Wildman–Crippen LogP) is 1.81. The molecule has 12 heavy (non-hydrogen) atoms. The third-order valence-electron chi connectivity index (χ3n) is 1.71. The molecule has 0 spiro atoms. The van der Waals surface area contributed by atoms with E-state index < -0.39 is 17.7 Å². The van der Waals surface area contributed by atoms with Gasteiger partial charge in [-0.05, 0) is 6.92 Å². The third kappa shape index (κ3) is 1.60. The van der Waals surface area contributed by atoms with Gasteiger partial charge in [0.25, 0.3) is 0 Å². The minimum atomic E-state index is -4.42. The zero-order chi connectivity index (χ0) is 9.35. The quantitative estimate of drug-likeness (QED) is 0.419. The van der Waals surface area contributed by atoms with Crippen LogP contribution in [0.3, 0.4) is 0 Å². The maximum absolute atomic E-state index is 12.0. The molecular formula is C7H7F3O2. The number of esters is 1. The van der Waals surface area contributed by atoms with Crippen molar-refractivity contribution in [3.8, 4) is 0 Å². The van der Waals surface area contributed by atoms with Gasteiger partial charge in [0, 0.05) is 17.6 Å². The molecule has 1 rings (SSSR count). The summed E-state index contributed by atoms with van der Waals surface area (Å²) in [7, 11) is 0. The molecule has 1 aliphatic rings. The minimum absolute atomic E-state index is 0.0571. The van der Waals surface area contributed by atoms with Gasteiger partial charge < -0.3 is 4.74 Å². The van der Waals surface area contributed by atoms with E-state index in [9.17, 15) is 18.0 Å². The zero-order valence-corrected chi connectivity index (χ0v) is 6.36. The molecule has 1 fully saturated rings. The van der Waals surface area contributed by atoms with Crippen molar-refractivity contribution in [1.82, 2.24) is 0 Å². The second-order valence-electron chi connectivity index (χ2n) is 2.49. The second-order valence-corrected chi connectivity index (χ2v) is 2.49. The number of cyclic esters (lactones) is 1. The summed E-state index contributed by atoms with van der Waals surface area (Å²) >= 11 is 0. The Kier molecular flexibility index (Phi) is 2.12. The van der Waals surface area contributed by atoms with Crippen molar-refractivity contribution in [2.45, 2.75) is 19.5 Å². The van der Waals surface area contributed by atoms with E-state index in [2.05, 4.69) is 4.74 Å². The third-order valence-corrected chi connectivity index (χ3v) is 1.71. The van der Waals surface area contributed by atoms with Crippen molar-refractivity contribution in [3.05, 3.63) is 11.1 Å². The average molecular weight is 180 g/mol. The summed E-state index contributed by atoms with van der Waals surface area (Å²) in [5.41, 5.74) is -1.09. The van der Waals surface area contributed by atoms with Crippen LogP contribution in [0.25, 0.3) is 0 Å². The molecule has 0 bridgehead atoms. The molecule has 1 saturated heterocycles. The normalized spacial score (nSPS) is 22.5. The van der Waals surface area contributed by atoms with Gasteiger partial charge >= 0.3 is 12.1 Å². The Bertz CT molecular complexity index is 240. The summed E-state index contributed by atoms with van der Waals surface area (Å²) in [4.78, 5) is 10.7. The highest BCUT2D eigenvalue weighted by molar-refractivity contribution is 5.91. The first-order valence-corrected chi connectivity index (χ1v) is 3.37. The highest BCUT2D eigenvalue weighted by Crippen LogP contribution is 2.31. The standard InChI is InChI=1S/C7H7F3O2/c1-4(7(8,9)10)5-2-3-12-6(5)11/h2-3H2,1H3/b5-4+. The van der Waals surface area contributed by atoms with Crippen molar-refractivity contribution in [2.24, 2.45) is 0 Å². The number of allylic oxidation sites excluding steroid dienone is 1. The molecule has 0 radical (unpaired) electrons. The highest BCUT2D eigenvalue weighted by Gasteiger charge is 2.36. The number of rotatable bonds is 0. The lowest BCUT2D eigenvalue weighted by molar-refractivity contribution is -0.136. The summed E-state index contributed by atoms with van der Waals surface area (Å²) < 4.78 is 40.4. The number of carbonyl (C=O) groups is 1. The summed E-state index contributed by atoms with van der Waals surface area (Å²) in [5.74, 6) is -0.843. The van der Waals surface area contributed by atoms with Crippen LogP contribution in [0, 0.1) is 0 Å². The lowest BCUT2D eigenvalue weighted by Gasteiger charge is -2.07. The van der Waals surface area contributed by atoms with Crippen molar-refractivity contribution >= 4 is 5.97 Å². The van der Waals surface area contributed by atoms with Crippen LogP contribution in [0.2, 0.25) is 0 Å². The van der Waals surface area contributed by atoms with Gasteiger partial charge in [-0.25, -0.2) is 4.79 Å². The first kappa shape index (κ1) is 9.09. The number of carbonyl (C=O) groups excluding carboxylic acids is 1. The van der Waals surface area contributed by atoms with E-state index in [1.165, 1.54) is 0 Å². The average Bonchev–Trinajstić information content (AvgIpc) is 2.31. The summed E-state index contributed by atoms with van der Waals surface area (Å²) in [6, 6.07) is 0. The zero-order valence-electron chi connectivity index (χ0n) is 6.36. The van der Waals surface area contributed by atoms with Crippen LogP contribution >= 0.6 is 0 Å². The molecule has 0 amide bonds. The van der Waals surface area contributed by atoms with Gasteiger partial charge in [0.05, 0.1) is 6.61 Å². The van der Waals surface area contributed by atoms with E-state index in [4.69, 9.17) is 0 Å². The maximum atomic E-state index is 12.0. The van der Waals surface area contributed by atoms with Crippen molar-refractivity contribution < 1.29 is 22.7 Å². The first-order valence-electron chi connectivity index (χ1n) is 3.37. The molecule has 0 aromatic rings. The highest BCUT2D eigenvalue weighted by atomic mass is 19.4. The molecule has 0 N–H and O–H groups in total. The van der Waals surface area contributed by atoms with Crippen LogP contribution in [-0.4, -0.2) is 18.8 Å².